The van der Waals surface area contributed by atoms with Gasteiger partial charge in [0.1, 0.15) is 0 Å². The molecule has 0 bridgehead atoms. The Hall–Kier alpha value is -1.26. The van der Waals surface area contributed by atoms with Crippen LogP contribution in [0.2, 0.25) is 0 Å². The summed E-state index contributed by atoms with van der Waals surface area (Å²) in [6, 6.07) is 0. The van der Waals surface area contributed by atoms with Gasteiger partial charge in [-0.05, 0) is 19.3 Å². The van der Waals surface area contributed by atoms with Crippen LogP contribution in [0.5, 0.6) is 0 Å². The van der Waals surface area contributed by atoms with Gasteiger partial charge in [0.05, 0.1) is 6.61 Å². The Morgan fingerprint density at radius 3 is 2.88 bits per heavy atom. The maximum absolute atomic E-state index is 11.1. The van der Waals surface area contributed by atoms with Gasteiger partial charge in [0.2, 0.25) is 0 Å². The molecule has 1 N–H and O–H groups in total. The Morgan fingerprint density at radius 2 is 2.25 bits per heavy atom. The fourth-order valence-corrected chi connectivity index (χ4v) is 1.86. The molecule has 16 heavy (non-hydrogen) atoms. The van der Waals surface area contributed by atoms with Crippen molar-refractivity contribution < 1.29 is 19.4 Å². The van der Waals surface area contributed by atoms with Gasteiger partial charge in [-0.25, -0.2) is 4.79 Å². The average molecular weight is 229 g/mol. The molecule has 1 aliphatic rings. The summed E-state index contributed by atoms with van der Waals surface area (Å²) in [5.41, 5.74) is 0. The lowest BCUT2D eigenvalue weighted by Crippen LogP contribution is -2.40. The van der Waals surface area contributed by atoms with E-state index in [1.807, 2.05) is 6.92 Å². The summed E-state index contributed by atoms with van der Waals surface area (Å²) in [4.78, 5) is 23.3. The number of hydrogen-bond donors (Lipinski definition) is 1. The Kier molecular flexibility index (Phi) is 5.08. The minimum absolute atomic E-state index is 0.158. The Labute approximate surface area is 95.4 Å². The van der Waals surface area contributed by atoms with E-state index in [0.717, 1.165) is 19.3 Å². The standard InChI is InChI=1S/C11H19NO4/c1-2-4-10(13)16-8-9-5-3-6-12(7-9)11(14)15/h9H,2-8H2,1H3,(H,14,15). The second kappa shape index (κ2) is 6.35. The Bertz CT molecular complexity index is 254. The fourth-order valence-electron chi connectivity index (χ4n) is 1.86. The van der Waals surface area contributed by atoms with E-state index in [4.69, 9.17) is 9.84 Å². The van der Waals surface area contributed by atoms with Crippen molar-refractivity contribution in [3.8, 4) is 0 Å². The van der Waals surface area contributed by atoms with Crippen LogP contribution in [0.3, 0.4) is 0 Å². The molecule has 0 aromatic carbocycles. The third kappa shape index (κ3) is 4.08. The molecule has 1 saturated heterocycles. The average Bonchev–Trinajstić information content (AvgIpc) is 2.27. The minimum Gasteiger partial charge on any atom is -0.465 e. The van der Waals surface area contributed by atoms with E-state index in [-0.39, 0.29) is 11.9 Å². The molecule has 0 radical (unpaired) electrons. The number of likely N-dealkylation sites (tertiary alicyclic amines) is 1. The van der Waals surface area contributed by atoms with Crippen molar-refractivity contribution in [2.45, 2.75) is 32.6 Å². The van der Waals surface area contributed by atoms with E-state index in [1.54, 1.807) is 0 Å². The molecule has 0 aliphatic carbocycles. The first-order valence-corrected chi connectivity index (χ1v) is 5.77. The van der Waals surface area contributed by atoms with E-state index >= 15 is 0 Å². The molecule has 0 aromatic heterocycles. The topological polar surface area (TPSA) is 66.8 Å². The second-order valence-corrected chi connectivity index (χ2v) is 4.17. The van der Waals surface area contributed by atoms with Crippen LogP contribution < -0.4 is 0 Å². The van der Waals surface area contributed by atoms with Gasteiger partial charge in [-0.3, -0.25) is 4.79 Å². The quantitative estimate of drug-likeness (QED) is 0.745. The highest BCUT2D eigenvalue weighted by Crippen LogP contribution is 2.17. The van der Waals surface area contributed by atoms with Crippen molar-refractivity contribution in [2.24, 2.45) is 5.92 Å². The minimum atomic E-state index is -0.885. The zero-order valence-electron chi connectivity index (χ0n) is 9.65. The number of nitrogens with zero attached hydrogens (tertiary/aromatic N) is 1. The number of carboxylic acid groups (broad SMARTS) is 1. The van der Waals surface area contributed by atoms with Crippen LogP contribution in [-0.4, -0.2) is 41.8 Å². The SMILES string of the molecule is CCCC(=O)OCC1CCCN(C(=O)O)C1. The molecule has 1 aliphatic heterocycles. The summed E-state index contributed by atoms with van der Waals surface area (Å²) in [5, 5.41) is 8.84. The highest BCUT2D eigenvalue weighted by molar-refractivity contribution is 5.69. The van der Waals surface area contributed by atoms with E-state index in [0.29, 0.717) is 26.1 Å². The first-order valence-electron chi connectivity index (χ1n) is 5.77. The summed E-state index contributed by atoms with van der Waals surface area (Å²) >= 11 is 0. The van der Waals surface area contributed by atoms with E-state index in [2.05, 4.69) is 0 Å². The molecular weight excluding hydrogens is 210 g/mol. The predicted molar refractivity (Wildman–Crippen MR) is 58.2 cm³/mol. The summed E-state index contributed by atoms with van der Waals surface area (Å²) < 4.78 is 5.09. The van der Waals surface area contributed by atoms with Gasteiger partial charge < -0.3 is 14.7 Å². The van der Waals surface area contributed by atoms with Crippen LogP contribution in [0, 0.1) is 5.92 Å². The third-order valence-electron chi connectivity index (χ3n) is 2.72. The molecule has 92 valence electrons. The Balaban J connectivity index is 2.26. The molecule has 1 heterocycles. The van der Waals surface area contributed by atoms with E-state index in [1.165, 1.54) is 4.90 Å². The maximum atomic E-state index is 11.1. The van der Waals surface area contributed by atoms with Crippen molar-refractivity contribution >= 4 is 12.1 Å². The number of hydrogen-bond acceptors (Lipinski definition) is 3. The number of ether oxygens (including phenoxy) is 1. The van der Waals surface area contributed by atoms with Crippen LogP contribution in [-0.2, 0) is 9.53 Å². The summed E-state index contributed by atoms with van der Waals surface area (Å²) in [6.45, 7) is 3.35. The molecule has 5 nitrogen and oxygen atoms in total. The van der Waals surface area contributed by atoms with Crippen LogP contribution >= 0.6 is 0 Å². The number of rotatable bonds is 4. The van der Waals surface area contributed by atoms with Crippen molar-refractivity contribution in [3.63, 3.8) is 0 Å². The molecule has 1 rings (SSSR count). The van der Waals surface area contributed by atoms with Gasteiger partial charge in [-0.2, -0.15) is 0 Å². The third-order valence-corrected chi connectivity index (χ3v) is 2.72. The van der Waals surface area contributed by atoms with E-state index in [9.17, 15) is 9.59 Å². The normalized spacial score (nSPS) is 20.6. The van der Waals surface area contributed by atoms with Crippen molar-refractivity contribution in [3.05, 3.63) is 0 Å². The molecule has 1 atom stereocenters. The molecule has 1 unspecified atom stereocenters. The fraction of sp³-hybridized carbons (Fsp3) is 0.818. The Morgan fingerprint density at radius 1 is 1.50 bits per heavy atom. The number of esters is 1. The highest BCUT2D eigenvalue weighted by atomic mass is 16.5. The summed E-state index contributed by atoms with van der Waals surface area (Å²) in [6.07, 6.45) is 2.12. The van der Waals surface area contributed by atoms with Gasteiger partial charge in [0.25, 0.3) is 0 Å². The van der Waals surface area contributed by atoms with Gasteiger partial charge in [0, 0.05) is 25.4 Å². The van der Waals surface area contributed by atoms with E-state index < -0.39 is 6.09 Å². The lowest BCUT2D eigenvalue weighted by Gasteiger charge is -2.30. The monoisotopic (exact) mass is 229 g/mol. The van der Waals surface area contributed by atoms with Crippen LogP contribution in [0.15, 0.2) is 0 Å². The number of carbonyl (C=O) groups excluding carboxylic acids is 1. The van der Waals surface area contributed by atoms with Gasteiger partial charge >= 0.3 is 12.1 Å². The van der Waals surface area contributed by atoms with Crippen LogP contribution in [0.1, 0.15) is 32.6 Å². The smallest absolute Gasteiger partial charge is 0.407 e. The lowest BCUT2D eigenvalue weighted by atomic mass is 9.99. The lowest BCUT2D eigenvalue weighted by molar-refractivity contribution is -0.145. The number of piperidine rings is 1. The number of carbonyl (C=O) groups is 2. The molecule has 1 amide bonds. The highest BCUT2D eigenvalue weighted by Gasteiger charge is 2.23. The number of amides is 1. The van der Waals surface area contributed by atoms with Crippen LogP contribution in [0.25, 0.3) is 0 Å². The van der Waals surface area contributed by atoms with Crippen molar-refractivity contribution in [1.29, 1.82) is 0 Å². The first kappa shape index (κ1) is 12.8. The first-order chi connectivity index (χ1) is 7.63. The van der Waals surface area contributed by atoms with Crippen molar-refractivity contribution in [1.82, 2.24) is 4.90 Å². The van der Waals surface area contributed by atoms with Gasteiger partial charge in [-0.1, -0.05) is 6.92 Å². The molecule has 1 fully saturated rings. The second-order valence-electron chi connectivity index (χ2n) is 4.17. The summed E-state index contributed by atoms with van der Waals surface area (Å²) in [5.74, 6) is -0.0272. The van der Waals surface area contributed by atoms with Gasteiger partial charge in [0.15, 0.2) is 0 Å². The molecular formula is C11H19NO4. The largest absolute Gasteiger partial charge is 0.465 e. The summed E-state index contributed by atoms with van der Waals surface area (Å²) in [7, 11) is 0. The maximum Gasteiger partial charge on any atom is 0.407 e. The zero-order chi connectivity index (χ0) is 12.0. The van der Waals surface area contributed by atoms with Crippen molar-refractivity contribution in [2.75, 3.05) is 19.7 Å². The molecule has 0 saturated carbocycles. The molecule has 0 spiro atoms. The molecule has 5 heteroatoms. The predicted octanol–water partition coefficient (Wildman–Crippen LogP) is 1.72. The molecule has 0 aromatic rings. The van der Waals surface area contributed by atoms with Gasteiger partial charge in [-0.15, -0.1) is 0 Å². The van der Waals surface area contributed by atoms with Crippen LogP contribution in [0.4, 0.5) is 4.79 Å². The zero-order valence-corrected chi connectivity index (χ0v) is 9.65.